The molecule has 3 aromatic rings. The number of aromatic amines is 1. The highest BCUT2D eigenvalue weighted by molar-refractivity contribution is 5.82. The number of hydrogen-bond acceptors (Lipinski definition) is 1. The first kappa shape index (κ1) is 14.6. The smallest absolute Gasteiger partial charge is 0.0499 e. The summed E-state index contributed by atoms with van der Waals surface area (Å²) in [5.74, 6) is 0. The summed E-state index contributed by atoms with van der Waals surface area (Å²) in [6, 6.07) is 17.2. The second kappa shape index (κ2) is 6.63. The van der Waals surface area contributed by atoms with Crippen LogP contribution in [0.1, 0.15) is 16.7 Å². The van der Waals surface area contributed by atoms with Gasteiger partial charge in [0.1, 0.15) is 0 Å². The Morgan fingerprint density at radius 3 is 2.68 bits per heavy atom. The summed E-state index contributed by atoms with van der Waals surface area (Å²) in [4.78, 5) is 5.66. The van der Waals surface area contributed by atoms with Gasteiger partial charge in [0.05, 0.1) is 0 Å². The molecule has 1 aromatic heterocycles. The Morgan fingerprint density at radius 2 is 1.86 bits per heavy atom. The van der Waals surface area contributed by atoms with Crippen molar-refractivity contribution in [2.24, 2.45) is 0 Å². The van der Waals surface area contributed by atoms with E-state index in [2.05, 4.69) is 84.5 Å². The Kier molecular flexibility index (Phi) is 4.40. The Hall–Kier alpha value is -2.32. The van der Waals surface area contributed by atoms with E-state index < -0.39 is 0 Å². The van der Waals surface area contributed by atoms with Gasteiger partial charge in [-0.1, -0.05) is 60.2 Å². The maximum atomic E-state index is 3.34. The number of nitrogens with one attached hydrogen (secondary N) is 1. The predicted octanol–water partition coefficient (Wildman–Crippen LogP) is 4.62. The molecule has 1 N–H and O–H groups in total. The SMILES string of the molecule is Cc1ccc(/C=C/CN(C)Cc2cccc3cc[nH]c23)cc1. The van der Waals surface area contributed by atoms with E-state index in [0.717, 1.165) is 13.1 Å². The van der Waals surface area contributed by atoms with E-state index in [-0.39, 0.29) is 0 Å². The lowest BCUT2D eigenvalue weighted by Gasteiger charge is -2.15. The minimum Gasteiger partial charge on any atom is -0.361 e. The zero-order valence-electron chi connectivity index (χ0n) is 13.2. The van der Waals surface area contributed by atoms with Gasteiger partial charge in [-0.05, 0) is 36.6 Å². The molecule has 0 amide bonds. The van der Waals surface area contributed by atoms with Crippen LogP contribution < -0.4 is 0 Å². The summed E-state index contributed by atoms with van der Waals surface area (Å²) in [6.07, 6.45) is 6.41. The summed E-state index contributed by atoms with van der Waals surface area (Å²) < 4.78 is 0. The molecule has 1 heterocycles. The molecule has 2 aromatic carbocycles. The largest absolute Gasteiger partial charge is 0.361 e. The third-order valence-electron chi connectivity index (χ3n) is 3.92. The van der Waals surface area contributed by atoms with E-state index in [0.29, 0.717) is 0 Å². The van der Waals surface area contributed by atoms with Crippen LogP contribution in [0.4, 0.5) is 0 Å². The van der Waals surface area contributed by atoms with Gasteiger partial charge in [0.2, 0.25) is 0 Å². The van der Waals surface area contributed by atoms with Crippen molar-refractivity contribution in [2.75, 3.05) is 13.6 Å². The molecular weight excluding hydrogens is 268 g/mol. The van der Waals surface area contributed by atoms with Crippen LogP contribution in [0.3, 0.4) is 0 Å². The van der Waals surface area contributed by atoms with Gasteiger partial charge in [0.25, 0.3) is 0 Å². The van der Waals surface area contributed by atoms with Crippen molar-refractivity contribution < 1.29 is 0 Å². The lowest BCUT2D eigenvalue weighted by Crippen LogP contribution is -2.17. The summed E-state index contributed by atoms with van der Waals surface area (Å²) in [5.41, 5.74) is 5.14. The van der Waals surface area contributed by atoms with E-state index >= 15 is 0 Å². The fraction of sp³-hybridized carbons (Fsp3) is 0.200. The Bertz CT molecular complexity index is 766. The van der Waals surface area contributed by atoms with Crippen molar-refractivity contribution in [3.8, 4) is 0 Å². The number of aromatic nitrogens is 1. The molecule has 3 rings (SSSR count). The van der Waals surface area contributed by atoms with Gasteiger partial charge in [0.15, 0.2) is 0 Å². The standard InChI is InChI=1S/C20H22N2/c1-16-8-10-17(11-9-16)5-4-14-22(2)15-19-7-3-6-18-12-13-21-20(18)19/h3-13,21H,14-15H2,1-2H3/b5-4+. The van der Waals surface area contributed by atoms with Crippen molar-refractivity contribution in [3.63, 3.8) is 0 Å². The van der Waals surface area contributed by atoms with Gasteiger partial charge in [-0.2, -0.15) is 0 Å². The maximum Gasteiger partial charge on any atom is 0.0499 e. The highest BCUT2D eigenvalue weighted by Crippen LogP contribution is 2.18. The summed E-state index contributed by atoms with van der Waals surface area (Å²) in [6.45, 7) is 3.99. The second-order valence-electron chi connectivity index (χ2n) is 5.87. The minimum absolute atomic E-state index is 0.935. The quantitative estimate of drug-likeness (QED) is 0.726. The maximum absolute atomic E-state index is 3.34. The van der Waals surface area contributed by atoms with Crippen LogP contribution in [0.15, 0.2) is 60.8 Å². The molecule has 0 spiro atoms. The van der Waals surface area contributed by atoms with Gasteiger partial charge in [-0.25, -0.2) is 0 Å². The molecule has 0 aliphatic rings. The molecule has 2 heteroatoms. The zero-order chi connectivity index (χ0) is 15.4. The fourth-order valence-corrected chi connectivity index (χ4v) is 2.68. The van der Waals surface area contributed by atoms with E-state index in [1.54, 1.807) is 0 Å². The van der Waals surface area contributed by atoms with Crippen LogP contribution in [0, 0.1) is 6.92 Å². The van der Waals surface area contributed by atoms with E-state index in [9.17, 15) is 0 Å². The molecule has 0 fully saturated rings. The first-order valence-corrected chi connectivity index (χ1v) is 7.69. The van der Waals surface area contributed by atoms with Crippen LogP contribution in [-0.4, -0.2) is 23.5 Å². The van der Waals surface area contributed by atoms with Crippen LogP contribution in [0.5, 0.6) is 0 Å². The highest BCUT2D eigenvalue weighted by Gasteiger charge is 2.04. The number of aryl methyl sites for hydroxylation is 1. The van der Waals surface area contributed by atoms with E-state index in [1.807, 2.05) is 6.20 Å². The zero-order valence-corrected chi connectivity index (χ0v) is 13.2. The topological polar surface area (TPSA) is 19.0 Å². The highest BCUT2D eigenvalue weighted by atomic mass is 15.1. The summed E-state index contributed by atoms with van der Waals surface area (Å²) in [7, 11) is 2.15. The molecule has 2 nitrogen and oxygen atoms in total. The fourth-order valence-electron chi connectivity index (χ4n) is 2.68. The third kappa shape index (κ3) is 3.46. The number of rotatable bonds is 5. The molecular formula is C20H22N2. The summed E-state index contributed by atoms with van der Waals surface area (Å²) >= 11 is 0. The third-order valence-corrected chi connectivity index (χ3v) is 3.92. The average molecular weight is 290 g/mol. The van der Waals surface area contributed by atoms with E-state index in [4.69, 9.17) is 0 Å². The molecule has 22 heavy (non-hydrogen) atoms. The molecule has 0 saturated carbocycles. The van der Waals surface area contributed by atoms with E-state index in [1.165, 1.54) is 27.6 Å². The molecule has 0 aliphatic carbocycles. The van der Waals surface area contributed by atoms with Gasteiger partial charge in [-0.15, -0.1) is 0 Å². The lowest BCUT2D eigenvalue weighted by atomic mass is 10.1. The second-order valence-corrected chi connectivity index (χ2v) is 5.87. The van der Waals surface area contributed by atoms with Crippen LogP contribution in [-0.2, 0) is 6.54 Å². The number of para-hydroxylation sites is 1. The van der Waals surface area contributed by atoms with Crippen LogP contribution in [0.2, 0.25) is 0 Å². The number of benzene rings is 2. The average Bonchev–Trinajstić information content (AvgIpc) is 2.99. The first-order chi connectivity index (χ1) is 10.7. The number of H-pyrrole nitrogens is 1. The Labute approximate surface area is 132 Å². The predicted molar refractivity (Wildman–Crippen MR) is 94.8 cm³/mol. The van der Waals surface area contributed by atoms with Gasteiger partial charge in [0, 0.05) is 24.8 Å². The van der Waals surface area contributed by atoms with Crippen LogP contribution >= 0.6 is 0 Å². The number of likely N-dealkylation sites (N-methyl/N-ethyl adjacent to an activating group) is 1. The van der Waals surface area contributed by atoms with Crippen molar-refractivity contribution in [2.45, 2.75) is 13.5 Å². The number of hydrogen-bond donors (Lipinski definition) is 1. The molecule has 0 radical (unpaired) electrons. The van der Waals surface area contributed by atoms with Crippen LogP contribution in [0.25, 0.3) is 17.0 Å². The van der Waals surface area contributed by atoms with Gasteiger partial charge in [-0.3, -0.25) is 4.90 Å². The lowest BCUT2D eigenvalue weighted by molar-refractivity contribution is 0.365. The molecule has 0 aliphatic heterocycles. The molecule has 0 saturated heterocycles. The normalized spacial score (nSPS) is 11.8. The van der Waals surface area contributed by atoms with Gasteiger partial charge < -0.3 is 4.98 Å². The number of nitrogens with zero attached hydrogens (tertiary/aromatic N) is 1. The Balaban J connectivity index is 1.61. The molecule has 0 atom stereocenters. The molecule has 0 bridgehead atoms. The number of fused-ring (bicyclic) bond motifs is 1. The van der Waals surface area contributed by atoms with Crippen molar-refractivity contribution >= 4 is 17.0 Å². The molecule has 112 valence electrons. The first-order valence-electron chi connectivity index (χ1n) is 7.69. The van der Waals surface area contributed by atoms with Gasteiger partial charge >= 0.3 is 0 Å². The van der Waals surface area contributed by atoms with Crippen molar-refractivity contribution in [3.05, 3.63) is 77.5 Å². The minimum atomic E-state index is 0.935. The Morgan fingerprint density at radius 1 is 1.05 bits per heavy atom. The van der Waals surface area contributed by atoms with Crippen molar-refractivity contribution in [1.29, 1.82) is 0 Å². The summed E-state index contributed by atoms with van der Waals surface area (Å²) in [5, 5.41) is 1.28. The monoisotopic (exact) mass is 290 g/mol. The molecule has 0 unspecified atom stereocenters. The van der Waals surface area contributed by atoms with Crippen molar-refractivity contribution in [1.82, 2.24) is 9.88 Å².